The first-order valence-electron chi connectivity index (χ1n) is 11.1. The van der Waals surface area contributed by atoms with Crippen molar-refractivity contribution in [3.8, 4) is 11.3 Å². The highest BCUT2D eigenvalue weighted by Crippen LogP contribution is 2.40. The smallest absolute Gasteiger partial charge is 0.316 e. The molecule has 0 unspecified atom stereocenters. The van der Waals surface area contributed by atoms with Gasteiger partial charge in [0.1, 0.15) is 0 Å². The van der Waals surface area contributed by atoms with Crippen molar-refractivity contribution < 1.29 is 9.53 Å². The van der Waals surface area contributed by atoms with Crippen LogP contribution in [0.4, 0.5) is 0 Å². The van der Waals surface area contributed by atoms with Crippen LogP contribution in [0.3, 0.4) is 0 Å². The molecule has 4 rings (SSSR count). The molecular weight excluding hydrogens is 424 g/mol. The van der Waals surface area contributed by atoms with E-state index in [1.807, 2.05) is 18.2 Å². The average molecular weight is 455 g/mol. The number of aromatic nitrogens is 4. The van der Waals surface area contributed by atoms with E-state index in [2.05, 4.69) is 33.8 Å². The first-order chi connectivity index (χ1) is 15.2. The quantitative estimate of drug-likeness (QED) is 0.395. The topological polar surface area (TPSA) is 78.5 Å². The minimum Gasteiger partial charge on any atom is -0.465 e. The van der Waals surface area contributed by atoms with Crippen molar-refractivity contribution in [2.75, 3.05) is 12.4 Å². The average Bonchev–Trinajstić information content (AvgIpc) is 3.08. The molecular formula is C24H30N4O3S. The number of ether oxygens (including phenoxy) is 1. The largest absolute Gasteiger partial charge is 0.465 e. The molecule has 0 bridgehead atoms. The molecule has 0 aliphatic heterocycles. The van der Waals surface area contributed by atoms with E-state index in [0.29, 0.717) is 35.6 Å². The normalized spacial score (nSPS) is 14.4. The molecule has 0 saturated heterocycles. The number of aryl methyl sites for hydroxylation is 1. The lowest BCUT2D eigenvalue weighted by Gasteiger charge is -2.32. The first-order valence-corrected chi connectivity index (χ1v) is 12.1. The Hall–Kier alpha value is -2.61. The van der Waals surface area contributed by atoms with Crippen LogP contribution in [0.2, 0.25) is 0 Å². The van der Waals surface area contributed by atoms with Gasteiger partial charge < -0.3 is 4.74 Å². The second-order valence-corrected chi connectivity index (χ2v) is 10.2. The second kappa shape index (κ2) is 8.73. The summed E-state index contributed by atoms with van der Waals surface area (Å²) in [6.45, 7) is 11.2. The maximum atomic E-state index is 13.9. The zero-order chi connectivity index (χ0) is 23.0. The summed E-state index contributed by atoms with van der Waals surface area (Å²) in [5.41, 5.74) is 3.19. The second-order valence-electron chi connectivity index (χ2n) is 9.28. The lowest BCUT2D eigenvalue weighted by molar-refractivity contribution is -0.139. The molecule has 1 aromatic carbocycles. The number of hydrogen-bond donors (Lipinski definition) is 0. The Bertz CT molecular complexity index is 1230. The summed E-state index contributed by atoms with van der Waals surface area (Å²) in [5.74, 6) is 0.780. The fraction of sp³-hybridized carbons (Fsp3) is 0.500. The lowest BCUT2D eigenvalue weighted by Crippen LogP contribution is -2.36. The molecule has 1 aliphatic carbocycles. The maximum Gasteiger partial charge on any atom is 0.316 e. The standard InChI is InChI=1S/C24H30N4O3S/c1-6-31-18(29)14-32-23-26-27(12-11-15(2)3)22-25-20-17-10-8-7-9-16(17)13-24(4,5)19(20)21(30)28(22)23/h7-10,15H,6,11-14H2,1-5H3. The van der Waals surface area contributed by atoms with Crippen molar-refractivity contribution in [1.82, 2.24) is 19.2 Å². The van der Waals surface area contributed by atoms with E-state index < -0.39 is 0 Å². The molecule has 8 heteroatoms. The highest BCUT2D eigenvalue weighted by molar-refractivity contribution is 7.99. The minimum absolute atomic E-state index is 0.0971. The minimum atomic E-state index is -0.363. The number of benzene rings is 1. The van der Waals surface area contributed by atoms with Gasteiger partial charge in [-0.25, -0.2) is 14.1 Å². The van der Waals surface area contributed by atoms with Crippen molar-refractivity contribution >= 4 is 23.5 Å². The first kappa shape index (κ1) is 22.6. The molecule has 0 amide bonds. The van der Waals surface area contributed by atoms with Gasteiger partial charge in [0.15, 0.2) is 5.16 Å². The van der Waals surface area contributed by atoms with Gasteiger partial charge in [0.2, 0.25) is 5.78 Å². The van der Waals surface area contributed by atoms with Crippen LogP contribution < -0.4 is 5.56 Å². The lowest BCUT2D eigenvalue weighted by atomic mass is 9.72. The number of esters is 1. The molecule has 0 fully saturated rings. The molecule has 170 valence electrons. The number of carbonyl (C=O) groups is 1. The van der Waals surface area contributed by atoms with Crippen LogP contribution in [-0.2, 0) is 27.9 Å². The molecule has 2 heterocycles. The van der Waals surface area contributed by atoms with Crippen LogP contribution in [0, 0.1) is 5.92 Å². The number of carbonyl (C=O) groups excluding carboxylic acids is 1. The number of nitrogens with zero attached hydrogens (tertiary/aromatic N) is 4. The number of thioether (sulfide) groups is 1. The van der Waals surface area contributed by atoms with Crippen LogP contribution >= 0.6 is 11.8 Å². The van der Waals surface area contributed by atoms with Gasteiger partial charge in [-0.3, -0.25) is 9.59 Å². The SMILES string of the molecule is CCOC(=O)CSc1nn(CCC(C)C)c2nc3c(c(=O)n12)C(C)(C)Cc1ccccc1-3. The van der Waals surface area contributed by atoms with E-state index in [1.54, 1.807) is 16.0 Å². The Labute approximate surface area is 192 Å². The molecule has 0 saturated carbocycles. The molecule has 7 nitrogen and oxygen atoms in total. The molecule has 0 N–H and O–H groups in total. The van der Waals surface area contributed by atoms with E-state index in [1.165, 1.54) is 17.3 Å². The highest BCUT2D eigenvalue weighted by atomic mass is 32.2. The Kier molecular flexibility index (Phi) is 6.16. The highest BCUT2D eigenvalue weighted by Gasteiger charge is 2.36. The molecule has 0 spiro atoms. The van der Waals surface area contributed by atoms with Crippen molar-refractivity contribution in [2.24, 2.45) is 5.92 Å². The van der Waals surface area contributed by atoms with E-state index in [4.69, 9.17) is 14.8 Å². The van der Waals surface area contributed by atoms with E-state index >= 15 is 0 Å². The van der Waals surface area contributed by atoms with Crippen LogP contribution in [0.25, 0.3) is 17.0 Å². The van der Waals surface area contributed by atoms with Crippen LogP contribution in [-0.4, -0.2) is 37.5 Å². The number of fused-ring (bicyclic) bond motifs is 4. The summed E-state index contributed by atoms with van der Waals surface area (Å²) < 4.78 is 8.44. The zero-order valence-corrected chi connectivity index (χ0v) is 20.2. The third-order valence-electron chi connectivity index (χ3n) is 5.82. The Morgan fingerprint density at radius 3 is 2.75 bits per heavy atom. The summed E-state index contributed by atoms with van der Waals surface area (Å²) >= 11 is 1.22. The molecule has 3 aromatic rings. The van der Waals surface area contributed by atoms with E-state index in [0.717, 1.165) is 24.1 Å². The van der Waals surface area contributed by atoms with Gasteiger partial charge in [0.25, 0.3) is 5.56 Å². The van der Waals surface area contributed by atoms with Crippen molar-refractivity contribution in [2.45, 2.75) is 64.6 Å². The maximum absolute atomic E-state index is 13.9. The van der Waals surface area contributed by atoms with Gasteiger partial charge in [0.05, 0.1) is 23.6 Å². The summed E-state index contributed by atoms with van der Waals surface area (Å²) in [4.78, 5) is 30.8. The fourth-order valence-corrected chi connectivity index (χ4v) is 5.05. The summed E-state index contributed by atoms with van der Waals surface area (Å²) in [6, 6.07) is 8.17. The van der Waals surface area contributed by atoms with E-state index in [-0.39, 0.29) is 22.7 Å². The summed E-state index contributed by atoms with van der Waals surface area (Å²) in [5, 5.41) is 5.18. The van der Waals surface area contributed by atoms with Crippen molar-refractivity contribution in [1.29, 1.82) is 0 Å². The monoisotopic (exact) mass is 454 g/mol. The summed E-state index contributed by atoms with van der Waals surface area (Å²) in [6.07, 6.45) is 1.68. The molecule has 2 aromatic heterocycles. The Morgan fingerprint density at radius 2 is 2.03 bits per heavy atom. The number of rotatable bonds is 7. The Balaban J connectivity index is 1.92. The zero-order valence-electron chi connectivity index (χ0n) is 19.3. The van der Waals surface area contributed by atoms with Crippen LogP contribution in [0.15, 0.2) is 34.2 Å². The third-order valence-corrected chi connectivity index (χ3v) is 6.72. The van der Waals surface area contributed by atoms with Gasteiger partial charge in [-0.1, -0.05) is 63.7 Å². The fourth-order valence-electron chi connectivity index (χ4n) is 4.27. The molecule has 32 heavy (non-hydrogen) atoms. The van der Waals surface area contributed by atoms with Gasteiger partial charge >= 0.3 is 5.97 Å². The summed E-state index contributed by atoms with van der Waals surface area (Å²) in [7, 11) is 0. The van der Waals surface area contributed by atoms with Crippen molar-refractivity contribution in [3.63, 3.8) is 0 Å². The molecule has 0 atom stereocenters. The predicted octanol–water partition coefficient (Wildman–Crippen LogP) is 4.09. The van der Waals surface area contributed by atoms with Crippen molar-refractivity contribution in [3.05, 3.63) is 45.7 Å². The van der Waals surface area contributed by atoms with Gasteiger partial charge in [0, 0.05) is 17.5 Å². The molecule has 1 aliphatic rings. The third kappa shape index (κ3) is 4.08. The van der Waals surface area contributed by atoms with Gasteiger partial charge in [-0.2, -0.15) is 0 Å². The van der Waals surface area contributed by atoms with E-state index in [9.17, 15) is 9.59 Å². The van der Waals surface area contributed by atoms with Crippen LogP contribution in [0.1, 0.15) is 52.2 Å². The predicted molar refractivity (Wildman–Crippen MR) is 126 cm³/mol. The molecule has 0 radical (unpaired) electrons. The number of hydrogen-bond acceptors (Lipinski definition) is 6. The van der Waals surface area contributed by atoms with Gasteiger partial charge in [-0.15, -0.1) is 5.10 Å². The van der Waals surface area contributed by atoms with Gasteiger partial charge in [-0.05, 0) is 31.2 Å². The Morgan fingerprint density at radius 1 is 1.28 bits per heavy atom. The van der Waals surface area contributed by atoms with Crippen LogP contribution in [0.5, 0.6) is 0 Å².